The smallest absolute Gasteiger partial charge is 0.0306 e. The summed E-state index contributed by atoms with van der Waals surface area (Å²) in [5.41, 5.74) is 6.35. The van der Waals surface area contributed by atoms with Gasteiger partial charge in [-0.05, 0) is 56.4 Å². The zero-order valence-corrected chi connectivity index (χ0v) is 11.7. The van der Waals surface area contributed by atoms with Gasteiger partial charge in [0.05, 0.1) is 0 Å². The Kier molecular flexibility index (Phi) is 4.48. The van der Waals surface area contributed by atoms with Crippen LogP contribution < -0.4 is 11.1 Å². The predicted molar refractivity (Wildman–Crippen MR) is 73.9 cm³/mol. The second kappa shape index (κ2) is 5.71. The van der Waals surface area contributed by atoms with E-state index >= 15 is 0 Å². The summed E-state index contributed by atoms with van der Waals surface area (Å²) in [5.74, 6) is 2.69. The molecule has 17 heavy (non-hydrogen) atoms. The van der Waals surface area contributed by atoms with Crippen LogP contribution in [0.2, 0.25) is 0 Å². The Morgan fingerprint density at radius 2 is 2.00 bits per heavy atom. The molecule has 2 saturated carbocycles. The van der Waals surface area contributed by atoms with Crippen molar-refractivity contribution in [3.63, 3.8) is 0 Å². The van der Waals surface area contributed by atoms with E-state index in [1.807, 2.05) is 0 Å². The lowest BCUT2D eigenvalue weighted by Crippen LogP contribution is -2.54. The Balaban J connectivity index is 1.85. The summed E-state index contributed by atoms with van der Waals surface area (Å²) in [6, 6.07) is 0. The topological polar surface area (TPSA) is 38.0 Å². The van der Waals surface area contributed by atoms with Gasteiger partial charge in [-0.3, -0.25) is 0 Å². The van der Waals surface area contributed by atoms with Crippen LogP contribution in [0.1, 0.15) is 58.8 Å². The van der Waals surface area contributed by atoms with Gasteiger partial charge in [-0.2, -0.15) is 0 Å². The van der Waals surface area contributed by atoms with Crippen LogP contribution >= 0.6 is 0 Å². The van der Waals surface area contributed by atoms with Crippen LogP contribution in [-0.2, 0) is 0 Å². The summed E-state index contributed by atoms with van der Waals surface area (Å²) in [4.78, 5) is 0. The maximum atomic E-state index is 6.08. The van der Waals surface area contributed by atoms with Crippen molar-refractivity contribution in [2.75, 3.05) is 13.1 Å². The van der Waals surface area contributed by atoms with Crippen LogP contribution in [0, 0.1) is 17.8 Å². The summed E-state index contributed by atoms with van der Waals surface area (Å²) in [7, 11) is 0. The minimum Gasteiger partial charge on any atom is -0.329 e. The van der Waals surface area contributed by atoms with E-state index in [-0.39, 0.29) is 5.54 Å². The van der Waals surface area contributed by atoms with Gasteiger partial charge in [-0.15, -0.1) is 0 Å². The molecular weight excluding hydrogens is 208 g/mol. The van der Waals surface area contributed by atoms with Crippen LogP contribution in [0.25, 0.3) is 0 Å². The second-order valence-corrected chi connectivity index (χ2v) is 6.90. The first-order valence-corrected chi connectivity index (χ1v) is 7.58. The number of nitrogens with one attached hydrogen (secondary N) is 1. The van der Waals surface area contributed by atoms with Gasteiger partial charge in [0, 0.05) is 12.1 Å². The van der Waals surface area contributed by atoms with Gasteiger partial charge in [0.25, 0.3) is 0 Å². The maximum Gasteiger partial charge on any atom is 0.0306 e. The quantitative estimate of drug-likeness (QED) is 0.746. The lowest BCUT2D eigenvalue weighted by molar-refractivity contribution is 0.166. The molecule has 2 atom stereocenters. The van der Waals surface area contributed by atoms with Crippen molar-refractivity contribution in [2.45, 2.75) is 64.3 Å². The molecule has 0 radical (unpaired) electrons. The third kappa shape index (κ3) is 3.96. The minimum atomic E-state index is 0.278. The van der Waals surface area contributed by atoms with Crippen molar-refractivity contribution in [1.82, 2.24) is 5.32 Å². The molecule has 2 nitrogen and oxygen atoms in total. The van der Waals surface area contributed by atoms with Crippen molar-refractivity contribution in [3.8, 4) is 0 Å². The van der Waals surface area contributed by atoms with E-state index in [1.54, 1.807) is 0 Å². The Morgan fingerprint density at radius 1 is 1.24 bits per heavy atom. The summed E-state index contributed by atoms with van der Waals surface area (Å²) < 4.78 is 0. The zero-order chi connectivity index (χ0) is 12.3. The second-order valence-electron chi connectivity index (χ2n) is 6.90. The monoisotopic (exact) mass is 238 g/mol. The standard InChI is InChI=1S/C15H30N2/c1-12(2)8-14-4-3-7-15(9-14,11-16)17-10-13-5-6-13/h12-14,17H,3-11,16H2,1-2H3. The molecule has 100 valence electrons. The number of hydrogen-bond donors (Lipinski definition) is 2. The van der Waals surface area contributed by atoms with Crippen LogP contribution in [0.5, 0.6) is 0 Å². The molecule has 0 saturated heterocycles. The molecule has 0 aromatic heterocycles. The fraction of sp³-hybridized carbons (Fsp3) is 1.00. The lowest BCUT2D eigenvalue weighted by atomic mass is 9.73. The van der Waals surface area contributed by atoms with Crippen molar-refractivity contribution in [3.05, 3.63) is 0 Å². The van der Waals surface area contributed by atoms with Crippen LogP contribution in [0.15, 0.2) is 0 Å². The molecule has 0 heterocycles. The molecule has 2 aliphatic carbocycles. The molecule has 3 N–H and O–H groups in total. The highest BCUT2D eigenvalue weighted by atomic mass is 15.0. The van der Waals surface area contributed by atoms with Crippen LogP contribution in [0.4, 0.5) is 0 Å². The Morgan fingerprint density at radius 3 is 2.59 bits per heavy atom. The van der Waals surface area contributed by atoms with Gasteiger partial charge >= 0.3 is 0 Å². The Labute approximate surface area is 107 Å². The minimum absolute atomic E-state index is 0.278. The van der Waals surface area contributed by atoms with Crippen molar-refractivity contribution in [2.24, 2.45) is 23.5 Å². The summed E-state index contributed by atoms with van der Waals surface area (Å²) in [6.45, 7) is 6.73. The van der Waals surface area contributed by atoms with Crippen molar-refractivity contribution in [1.29, 1.82) is 0 Å². The van der Waals surface area contributed by atoms with E-state index in [9.17, 15) is 0 Å². The van der Waals surface area contributed by atoms with Gasteiger partial charge in [0.2, 0.25) is 0 Å². The Bertz CT molecular complexity index is 235. The predicted octanol–water partition coefficient (Wildman–Crippen LogP) is 2.92. The molecular formula is C15H30N2. The number of hydrogen-bond acceptors (Lipinski definition) is 2. The highest BCUT2D eigenvalue weighted by Gasteiger charge is 2.36. The van der Waals surface area contributed by atoms with Gasteiger partial charge in [-0.25, -0.2) is 0 Å². The van der Waals surface area contributed by atoms with Gasteiger partial charge in [0.15, 0.2) is 0 Å². The molecule has 2 heteroatoms. The molecule has 0 bridgehead atoms. The third-order valence-corrected chi connectivity index (χ3v) is 4.61. The average molecular weight is 238 g/mol. The fourth-order valence-electron chi connectivity index (χ4n) is 3.45. The van der Waals surface area contributed by atoms with E-state index in [0.717, 1.165) is 24.3 Å². The average Bonchev–Trinajstić information content (AvgIpc) is 3.10. The molecule has 2 unspecified atom stereocenters. The van der Waals surface area contributed by atoms with Crippen molar-refractivity contribution < 1.29 is 0 Å². The third-order valence-electron chi connectivity index (χ3n) is 4.61. The molecule has 2 fully saturated rings. The molecule has 2 aliphatic rings. The molecule has 0 aromatic carbocycles. The normalized spacial score (nSPS) is 34.2. The van der Waals surface area contributed by atoms with E-state index in [0.29, 0.717) is 0 Å². The maximum absolute atomic E-state index is 6.08. The molecule has 0 aromatic rings. The first kappa shape index (κ1) is 13.4. The first-order valence-electron chi connectivity index (χ1n) is 7.58. The van der Waals surface area contributed by atoms with Crippen molar-refractivity contribution >= 4 is 0 Å². The van der Waals surface area contributed by atoms with E-state index in [4.69, 9.17) is 5.73 Å². The van der Waals surface area contributed by atoms with E-state index in [1.165, 1.54) is 51.5 Å². The lowest BCUT2D eigenvalue weighted by Gasteiger charge is -2.42. The SMILES string of the molecule is CC(C)CC1CCCC(CN)(NCC2CC2)C1. The number of rotatable bonds is 6. The van der Waals surface area contributed by atoms with Gasteiger partial charge < -0.3 is 11.1 Å². The van der Waals surface area contributed by atoms with Crippen LogP contribution in [-0.4, -0.2) is 18.6 Å². The van der Waals surface area contributed by atoms with Gasteiger partial charge in [-0.1, -0.05) is 26.7 Å². The molecule has 2 rings (SSSR count). The highest BCUT2D eigenvalue weighted by Crippen LogP contribution is 2.36. The molecule has 0 aliphatic heterocycles. The van der Waals surface area contributed by atoms with Gasteiger partial charge in [0.1, 0.15) is 0 Å². The molecule has 0 amide bonds. The largest absolute Gasteiger partial charge is 0.329 e. The number of nitrogens with two attached hydrogens (primary N) is 1. The van der Waals surface area contributed by atoms with E-state index in [2.05, 4.69) is 19.2 Å². The molecule has 0 spiro atoms. The van der Waals surface area contributed by atoms with E-state index < -0.39 is 0 Å². The fourth-order valence-corrected chi connectivity index (χ4v) is 3.45. The highest BCUT2D eigenvalue weighted by molar-refractivity contribution is 4.96. The summed E-state index contributed by atoms with van der Waals surface area (Å²) >= 11 is 0. The Hall–Kier alpha value is -0.0800. The zero-order valence-electron chi connectivity index (χ0n) is 11.7. The summed E-state index contributed by atoms with van der Waals surface area (Å²) in [5, 5.41) is 3.82. The summed E-state index contributed by atoms with van der Waals surface area (Å²) in [6.07, 6.45) is 9.65. The first-order chi connectivity index (χ1) is 8.13. The van der Waals surface area contributed by atoms with Crippen LogP contribution in [0.3, 0.4) is 0 Å².